The maximum absolute atomic E-state index is 11.7. The van der Waals surface area contributed by atoms with Crippen LogP contribution in [0.3, 0.4) is 0 Å². The van der Waals surface area contributed by atoms with Crippen molar-refractivity contribution < 1.29 is 41.3 Å². The Labute approximate surface area is 80.3 Å². The minimum Gasteiger partial charge on any atom is -0.346 e. The molecule has 0 spiro atoms. The Kier molecular flexibility index (Phi) is 4.81. The second-order valence-corrected chi connectivity index (χ2v) is 2.72. The van der Waals surface area contributed by atoms with E-state index in [0.717, 1.165) is 0 Å². The number of alkyl halides is 6. The van der Waals surface area contributed by atoms with E-state index in [4.69, 9.17) is 10.2 Å². The van der Waals surface area contributed by atoms with E-state index in [-0.39, 0.29) is 0 Å². The van der Waals surface area contributed by atoms with Crippen LogP contribution in [0, 0.1) is 0 Å². The standard InChI is InChI=1S/C6H8F6O3/c7-5(8,9)1-3(15-4(13)14)2-6(10,11)12/h3-4,13-14H,1-2H2. The topological polar surface area (TPSA) is 49.7 Å². The van der Waals surface area contributed by atoms with Crippen LogP contribution in [0.1, 0.15) is 12.8 Å². The normalized spacial score (nSPS) is 14.0. The molecule has 0 aliphatic heterocycles. The van der Waals surface area contributed by atoms with Gasteiger partial charge in [-0.05, 0) is 0 Å². The van der Waals surface area contributed by atoms with Gasteiger partial charge in [0.15, 0.2) is 0 Å². The van der Waals surface area contributed by atoms with Crippen molar-refractivity contribution in [1.82, 2.24) is 0 Å². The van der Waals surface area contributed by atoms with E-state index in [0.29, 0.717) is 0 Å². The Morgan fingerprint density at radius 1 is 0.867 bits per heavy atom. The molecule has 0 atom stereocenters. The van der Waals surface area contributed by atoms with Gasteiger partial charge in [0.2, 0.25) is 0 Å². The first kappa shape index (κ1) is 14.5. The Morgan fingerprint density at radius 3 is 1.40 bits per heavy atom. The number of aliphatic hydroxyl groups is 2. The van der Waals surface area contributed by atoms with Crippen molar-refractivity contribution in [3.8, 4) is 0 Å². The van der Waals surface area contributed by atoms with Crippen molar-refractivity contribution in [3.63, 3.8) is 0 Å². The SMILES string of the molecule is OC(O)OC(CC(F)(F)F)CC(F)(F)F. The number of hydrogen-bond donors (Lipinski definition) is 2. The minimum absolute atomic E-state index is 1.90. The lowest BCUT2D eigenvalue weighted by Gasteiger charge is -2.21. The Morgan fingerprint density at radius 2 is 1.20 bits per heavy atom. The van der Waals surface area contributed by atoms with E-state index in [1.807, 2.05) is 0 Å². The summed E-state index contributed by atoms with van der Waals surface area (Å²) in [6.07, 6.45) is -15.9. The van der Waals surface area contributed by atoms with Gasteiger partial charge in [-0.1, -0.05) is 0 Å². The van der Waals surface area contributed by atoms with Gasteiger partial charge in [-0.2, -0.15) is 26.3 Å². The van der Waals surface area contributed by atoms with Gasteiger partial charge < -0.3 is 14.9 Å². The first-order valence-corrected chi connectivity index (χ1v) is 3.65. The lowest BCUT2D eigenvalue weighted by Crippen LogP contribution is -2.31. The zero-order valence-corrected chi connectivity index (χ0v) is 7.14. The molecule has 15 heavy (non-hydrogen) atoms. The third-order valence-electron chi connectivity index (χ3n) is 1.23. The zero-order chi connectivity index (χ0) is 12.3. The highest BCUT2D eigenvalue weighted by molar-refractivity contribution is 4.68. The smallest absolute Gasteiger partial charge is 0.346 e. The summed E-state index contributed by atoms with van der Waals surface area (Å²) in [5, 5.41) is 16.2. The van der Waals surface area contributed by atoms with Crippen LogP contribution < -0.4 is 0 Å². The predicted octanol–water partition coefficient (Wildman–Crippen LogP) is 1.54. The van der Waals surface area contributed by atoms with Crippen LogP contribution in [-0.4, -0.2) is 35.1 Å². The third-order valence-corrected chi connectivity index (χ3v) is 1.23. The molecule has 0 aliphatic rings. The van der Waals surface area contributed by atoms with Crippen LogP contribution in [-0.2, 0) is 4.74 Å². The van der Waals surface area contributed by atoms with Crippen LogP contribution in [0.5, 0.6) is 0 Å². The van der Waals surface area contributed by atoms with Gasteiger partial charge in [-0.25, -0.2) is 0 Å². The highest BCUT2D eigenvalue weighted by Crippen LogP contribution is 2.30. The second kappa shape index (κ2) is 4.99. The molecule has 0 saturated heterocycles. The molecule has 0 fully saturated rings. The van der Waals surface area contributed by atoms with Gasteiger partial charge in [0.1, 0.15) is 0 Å². The fourth-order valence-corrected chi connectivity index (χ4v) is 0.857. The fraction of sp³-hybridized carbons (Fsp3) is 1.00. The number of rotatable bonds is 4. The van der Waals surface area contributed by atoms with Gasteiger partial charge in [-0.3, -0.25) is 0 Å². The van der Waals surface area contributed by atoms with Crippen molar-refractivity contribution in [1.29, 1.82) is 0 Å². The molecule has 0 heterocycles. The molecule has 0 saturated carbocycles. The number of halogens is 6. The van der Waals surface area contributed by atoms with Gasteiger partial charge in [0.25, 0.3) is 6.48 Å². The van der Waals surface area contributed by atoms with E-state index in [2.05, 4.69) is 4.74 Å². The first-order valence-electron chi connectivity index (χ1n) is 3.65. The van der Waals surface area contributed by atoms with Gasteiger partial charge in [0.05, 0.1) is 18.9 Å². The molecule has 2 N–H and O–H groups in total. The van der Waals surface area contributed by atoms with Crippen LogP contribution in [0.2, 0.25) is 0 Å². The van der Waals surface area contributed by atoms with Crippen molar-refractivity contribution in [2.75, 3.05) is 0 Å². The Balaban J connectivity index is 4.32. The summed E-state index contributed by atoms with van der Waals surface area (Å²) < 4.78 is 74.0. The fourth-order valence-electron chi connectivity index (χ4n) is 0.857. The zero-order valence-electron chi connectivity index (χ0n) is 7.14. The van der Waals surface area contributed by atoms with E-state index < -0.39 is 37.8 Å². The molecule has 0 aromatic heterocycles. The summed E-state index contributed by atoms with van der Waals surface area (Å²) in [6.45, 7) is -2.67. The molecule has 0 aromatic carbocycles. The maximum atomic E-state index is 11.7. The van der Waals surface area contributed by atoms with E-state index in [9.17, 15) is 26.3 Å². The highest BCUT2D eigenvalue weighted by Gasteiger charge is 2.40. The maximum Gasteiger partial charge on any atom is 0.391 e. The minimum atomic E-state index is -4.87. The van der Waals surface area contributed by atoms with Crippen molar-refractivity contribution >= 4 is 0 Å². The lowest BCUT2D eigenvalue weighted by atomic mass is 10.2. The number of hydrogen-bond acceptors (Lipinski definition) is 3. The third kappa shape index (κ3) is 9.76. The van der Waals surface area contributed by atoms with Crippen molar-refractivity contribution in [3.05, 3.63) is 0 Å². The van der Waals surface area contributed by atoms with Crippen LogP contribution in [0.15, 0.2) is 0 Å². The average molecular weight is 242 g/mol. The van der Waals surface area contributed by atoms with Gasteiger partial charge in [-0.15, -0.1) is 0 Å². The van der Waals surface area contributed by atoms with Crippen LogP contribution in [0.25, 0.3) is 0 Å². The van der Waals surface area contributed by atoms with E-state index >= 15 is 0 Å². The highest BCUT2D eigenvalue weighted by atomic mass is 19.4. The lowest BCUT2D eigenvalue weighted by molar-refractivity contribution is -0.286. The molecule has 0 aromatic rings. The summed E-state index contributed by atoms with van der Waals surface area (Å²) in [5.74, 6) is 0. The summed E-state index contributed by atoms with van der Waals surface area (Å²) >= 11 is 0. The first-order chi connectivity index (χ1) is 6.49. The van der Waals surface area contributed by atoms with E-state index in [1.165, 1.54) is 0 Å². The summed E-state index contributed by atoms with van der Waals surface area (Å²) in [4.78, 5) is 0. The largest absolute Gasteiger partial charge is 0.391 e. The average Bonchev–Trinajstić information content (AvgIpc) is 1.73. The molecule has 0 rings (SSSR count). The molecule has 92 valence electrons. The van der Waals surface area contributed by atoms with Gasteiger partial charge >= 0.3 is 12.4 Å². The molecular formula is C6H8F6O3. The summed E-state index contributed by atoms with van der Waals surface area (Å²) in [5.41, 5.74) is 0. The van der Waals surface area contributed by atoms with Crippen molar-refractivity contribution in [2.45, 2.75) is 37.8 Å². The van der Waals surface area contributed by atoms with Gasteiger partial charge in [0, 0.05) is 0 Å². The second-order valence-electron chi connectivity index (χ2n) is 2.72. The summed E-state index contributed by atoms with van der Waals surface area (Å²) in [6, 6.07) is 0. The molecule has 0 radical (unpaired) electrons. The molecule has 0 unspecified atom stereocenters. The van der Waals surface area contributed by atoms with Crippen LogP contribution >= 0.6 is 0 Å². The Hall–Kier alpha value is -0.540. The molecule has 0 bridgehead atoms. The van der Waals surface area contributed by atoms with Crippen LogP contribution in [0.4, 0.5) is 26.3 Å². The molecule has 9 heteroatoms. The molecule has 3 nitrogen and oxygen atoms in total. The molecular weight excluding hydrogens is 234 g/mol. The monoisotopic (exact) mass is 242 g/mol. The molecule has 0 aliphatic carbocycles. The predicted molar refractivity (Wildman–Crippen MR) is 34.4 cm³/mol. The van der Waals surface area contributed by atoms with E-state index in [1.54, 1.807) is 0 Å². The Bertz CT molecular complexity index is 170. The molecule has 0 amide bonds. The number of aliphatic hydroxyl groups excluding tert-OH is 1. The summed E-state index contributed by atoms with van der Waals surface area (Å²) in [7, 11) is 0. The van der Waals surface area contributed by atoms with Crippen molar-refractivity contribution in [2.24, 2.45) is 0 Å². The number of ether oxygens (including phenoxy) is 1. The quantitative estimate of drug-likeness (QED) is 0.580.